The molecule has 142 heavy (non-hydrogen) atoms. The van der Waals surface area contributed by atoms with Gasteiger partial charge in [0.2, 0.25) is 10.0 Å². The summed E-state index contributed by atoms with van der Waals surface area (Å²) in [6.07, 6.45) is 12.5. The van der Waals surface area contributed by atoms with Crippen molar-refractivity contribution >= 4 is 61.8 Å². The van der Waals surface area contributed by atoms with Crippen molar-refractivity contribution in [3.63, 3.8) is 0 Å². The van der Waals surface area contributed by atoms with E-state index in [0.29, 0.717) is 90.1 Å². The molecule has 5 aromatic carbocycles. The largest absolute Gasteiger partial charge is 0.494 e. The predicted octanol–water partition coefficient (Wildman–Crippen LogP) is 23.5. The molecule has 746 valence electrons. The minimum absolute atomic E-state index is 0.0202. The smallest absolute Gasteiger partial charge is 0.417 e. The van der Waals surface area contributed by atoms with Gasteiger partial charge in [-0.2, -0.15) is 56.8 Å². The number of anilines is 2. The first kappa shape index (κ1) is 104. The molecule has 10 heterocycles. The molecule has 3 amide bonds. The molecule has 0 unspecified atom stereocenters. The average molecular weight is 2000 g/mol. The SMILES string of the molecule is CCCCCCOc1ccc(-c2cc(-c3ccc(CC)s3)c(C(=O)NS(=O)(=O)C3CC3)c(=O)[nH]2)c(C(F)(F)F)c1.CCCCCCOc1ccc(-c2cc(-c3ccc(CC)s3)c(N3N=NCC3=O)c(=O)[nH]2)cc1.CCCCCCOc1ccc(-c2cc(-c3ccn(CC4CC4)n3)c(-c3ncn[nH]3)c(=O)[nH]2)c(C(F)(F)F)c1.CCCCOc1ccc(-c2cc(-c3ccc(C)cc3)c(N3N=NCC3=O)c(=O)[nH]2)cc1. The molecule has 8 aromatic heterocycles. The Labute approximate surface area is 824 Å². The summed E-state index contributed by atoms with van der Waals surface area (Å²) < 4.78 is 136. The summed E-state index contributed by atoms with van der Waals surface area (Å²) in [6, 6.07) is 46.3. The van der Waals surface area contributed by atoms with Crippen LogP contribution in [0.2, 0.25) is 0 Å². The minimum atomic E-state index is -4.76. The zero-order chi connectivity index (χ0) is 101. The second kappa shape index (κ2) is 48.0. The summed E-state index contributed by atoms with van der Waals surface area (Å²) in [5.74, 6) is 0.799. The average Bonchev–Trinajstić information content (AvgIpc) is 1.25. The third-order valence-corrected chi connectivity index (χ3v) is 28.2. The van der Waals surface area contributed by atoms with E-state index >= 15 is 0 Å². The number of aromatic nitrogens is 9. The summed E-state index contributed by atoms with van der Waals surface area (Å²) in [7, 11) is -3.97. The Balaban J connectivity index is 0.000000151. The number of unbranched alkanes of at least 4 members (excludes halogenated alkanes) is 10. The fourth-order valence-corrected chi connectivity index (χ4v) is 19.0. The fourth-order valence-electron chi connectivity index (χ4n) is 15.8. The first-order chi connectivity index (χ1) is 68.4. The van der Waals surface area contributed by atoms with Crippen LogP contribution >= 0.6 is 22.7 Å². The standard InChI is InChI=1S/C28H31F3N2O5S2.C27H29F3N6O2.C25H28N4O3S.C24H24N4O3/c1-3-5-6-7-14-38-17-8-12-20(22(15-17)28(29,30)31)23-16-21(24-13-9-18(4-2)39-24)25(26(34)32-23)27(35)33-40(36,37)19-10-11-19;1-2-3-4-5-12-38-18-8-9-19(21(13-18)27(28,29)30)23-14-20(22-10-11-36(35-22)15-17-6-7-17)24(26(37)33-23)25-31-16-32-34-25;1-3-5-6-7-14-32-18-10-8-17(9-11-18)21-15-20(22-13-12-19(4-2)33-22)24(25(31)27-21)29-23(30)16-26-28-29;1-3-4-13-31-19-11-9-18(10-12-19)21-14-20(17-7-5-16(2)6-8-17)23(24(30)26-21)28-22(29)15-25-27-28/h8-9,12-13,15-16,19H,3-7,10-11,14H2,1-2H3,(H,32,34)(H,33,35);8-11,13-14,16-17H,2-7,12,15H2,1H3,(H,33,37)(H,31,32,34);8-13,15H,3-7,14,16H2,1-2H3,(H,27,31);5-12,14H,3-4,13,15H2,1-2H3,(H,26,30). The van der Waals surface area contributed by atoms with Gasteiger partial charge in [0.15, 0.2) is 5.82 Å². The molecule has 2 aliphatic heterocycles. The summed E-state index contributed by atoms with van der Waals surface area (Å²) in [6.45, 7) is 17.1. The molecule has 0 atom stereocenters. The maximum absolute atomic E-state index is 14.2. The topological polar surface area (TPSA) is 381 Å². The van der Waals surface area contributed by atoms with Crippen molar-refractivity contribution in [2.75, 3.05) is 49.5 Å². The van der Waals surface area contributed by atoms with E-state index in [0.717, 1.165) is 156 Å². The van der Waals surface area contributed by atoms with Crippen LogP contribution in [0.15, 0.2) is 216 Å². The Hall–Kier alpha value is -14.0. The number of aromatic amines is 5. The van der Waals surface area contributed by atoms with E-state index in [1.165, 1.54) is 78.2 Å². The van der Waals surface area contributed by atoms with Gasteiger partial charge in [0.05, 0.1) is 54.1 Å². The van der Waals surface area contributed by atoms with Crippen LogP contribution in [-0.2, 0) is 51.4 Å². The zero-order valence-electron chi connectivity index (χ0n) is 79.8. The lowest BCUT2D eigenvalue weighted by molar-refractivity contribution is -0.138. The molecule has 13 aromatic rings. The predicted molar refractivity (Wildman–Crippen MR) is 538 cm³/mol. The highest BCUT2D eigenvalue weighted by atomic mass is 32.2. The zero-order valence-corrected chi connectivity index (χ0v) is 82.2. The highest BCUT2D eigenvalue weighted by Crippen LogP contribution is 2.45. The quantitative estimate of drug-likeness (QED) is 0.0153. The Morgan fingerprint density at radius 2 is 0.908 bits per heavy atom. The number of hydrogen-bond acceptors (Lipinski definition) is 22. The second-order valence-corrected chi connectivity index (χ2v) is 39.0. The molecule has 0 spiro atoms. The minimum Gasteiger partial charge on any atom is -0.494 e. The highest BCUT2D eigenvalue weighted by molar-refractivity contribution is 7.91. The normalized spacial score (nSPS) is 13.5. The number of thiophene rings is 2. The first-order valence-electron chi connectivity index (χ1n) is 47.8. The molecule has 2 fully saturated rings. The van der Waals surface area contributed by atoms with E-state index in [-0.39, 0.29) is 99.4 Å². The number of benzene rings is 5. The van der Waals surface area contributed by atoms with E-state index < -0.39 is 66.9 Å². The molecule has 0 radical (unpaired) electrons. The summed E-state index contributed by atoms with van der Waals surface area (Å²) in [5.41, 5.74) is 2.32. The van der Waals surface area contributed by atoms with Gasteiger partial charge in [-0.05, 0) is 233 Å². The summed E-state index contributed by atoms with van der Waals surface area (Å²) in [4.78, 5) is 109. The van der Waals surface area contributed by atoms with Gasteiger partial charge >= 0.3 is 12.4 Å². The Kier molecular flexibility index (Phi) is 35.1. The number of sulfonamides is 1. The van der Waals surface area contributed by atoms with E-state index in [9.17, 15) is 68.3 Å². The molecule has 0 saturated heterocycles. The third kappa shape index (κ3) is 26.8. The van der Waals surface area contributed by atoms with Crippen molar-refractivity contribution in [2.45, 2.75) is 201 Å². The number of carbonyl (C=O) groups excluding carboxylic acids is 3. The number of hydrogen-bond donors (Lipinski definition) is 6. The lowest BCUT2D eigenvalue weighted by atomic mass is 9.98. The molecule has 2 aliphatic carbocycles. The van der Waals surface area contributed by atoms with Crippen LogP contribution in [-0.4, -0.2) is 116 Å². The maximum atomic E-state index is 14.2. The molecular formula is C104H112F6N16O13S3. The van der Waals surface area contributed by atoms with Crippen LogP contribution in [0.5, 0.6) is 23.0 Å². The van der Waals surface area contributed by atoms with Crippen molar-refractivity contribution in [1.82, 2.24) is 49.6 Å². The first-order valence-corrected chi connectivity index (χ1v) is 51.0. The molecule has 0 bridgehead atoms. The molecule has 38 heteroatoms. The van der Waals surface area contributed by atoms with E-state index in [2.05, 4.69) is 95.5 Å². The van der Waals surface area contributed by atoms with Gasteiger partial charge in [0.25, 0.3) is 40.0 Å². The van der Waals surface area contributed by atoms with E-state index in [4.69, 9.17) is 18.9 Å². The molecule has 2 saturated carbocycles. The van der Waals surface area contributed by atoms with E-state index in [1.54, 1.807) is 34.2 Å². The molecule has 29 nitrogen and oxygen atoms in total. The van der Waals surface area contributed by atoms with Gasteiger partial charge in [-0.25, -0.2) is 18.1 Å². The van der Waals surface area contributed by atoms with Crippen LogP contribution in [0.4, 0.5) is 37.7 Å². The molecule has 4 aliphatic rings. The number of rotatable bonds is 40. The summed E-state index contributed by atoms with van der Waals surface area (Å²) >= 11 is 2.88. The maximum Gasteiger partial charge on any atom is 0.417 e. The van der Waals surface area contributed by atoms with Crippen molar-refractivity contribution in [3.8, 4) is 123 Å². The number of alkyl halides is 6. The summed E-state index contributed by atoms with van der Waals surface area (Å²) in [5, 5.41) is 27.9. The van der Waals surface area contributed by atoms with Gasteiger partial charge in [-0.1, -0.05) is 146 Å². The Morgan fingerprint density at radius 3 is 1.36 bits per heavy atom. The van der Waals surface area contributed by atoms with Crippen LogP contribution < -0.4 is 55.9 Å². The highest BCUT2D eigenvalue weighted by Gasteiger charge is 2.41. The molecular weight excluding hydrogens is 1890 g/mol. The van der Waals surface area contributed by atoms with E-state index in [1.807, 2.05) is 122 Å². The number of ether oxygens (including phenoxy) is 4. The molecule has 6 N–H and O–H groups in total. The Bertz CT molecular complexity index is 7000. The Morgan fingerprint density at radius 1 is 0.465 bits per heavy atom. The van der Waals surface area contributed by atoms with Gasteiger partial charge in [-0.3, -0.25) is 43.3 Å². The van der Waals surface area contributed by atoms with Crippen LogP contribution in [0.1, 0.15) is 194 Å². The van der Waals surface area contributed by atoms with Crippen molar-refractivity contribution < 1.29 is 68.1 Å². The van der Waals surface area contributed by atoms with Crippen LogP contribution in [0, 0.1) is 12.8 Å². The van der Waals surface area contributed by atoms with Gasteiger partial charge in [-0.15, -0.1) is 22.7 Å². The number of aryl methyl sites for hydroxylation is 3. The second-order valence-electron chi connectivity index (χ2n) is 34.7. The number of H-pyrrole nitrogens is 5. The lowest BCUT2D eigenvalue weighted by Gasteiger charge is -2.17. The van der Waals surface area contributed by atoms with Gasteiger partial charge in [0, 0.05) is 88.4 Å². The van der Waals surface area contributed by atoms with Crippen molar-refractivity contribution in [1.29, 1.82) is 0 Å². The number of halogens is 6. The monoisotopic (exact) mass is 2000 g/mol. The fraction of sp³-hybridized carbons (Fsp3) is 0.365. The van der Waals surface area contributed by atoms with Crippen molar-refractivity contribution in [2.24, 2.45) is 26.6 Å². The lowest BCUT2D eigenvalue weighted by Crippen LogP contribution is -2.37. The van der Waals surface area contributed by atoms with Crippen LogP contribution in [0.25, 0.3) is 99.7 Å². The third-order valence-electron chi connectivity index (χ3n) is 23.8. The number of nitrogens with one attached hydrogen (secondary N) is 6. The van der Waals surface area contributed by atoms with Gasteiger partial charge in [0.1, 0.15) is 59.4 Å². The van der Waals surface area contributed by atoms with Crippen molar-refractivity contribution in [3.05, 3.63) is 250 Å². The number of nitrogens with zero attached hydrogens (tertiary/aromatic N) is 10. The number of pyridine rings is 4. The number of carbonyl (C=O) groups is 3. The van der Waals surface area contributed by atoms with Gasteiger partial charge < -0.3 is 38.9 Å². The molecule has 17 rings (SSSR count). The van der Waals surface area contributed by atoms with Crippen LogP contribution in [0.3, 0.4) is 0 Å². The number of amides is 3.